The predicted octanol–water partition coefficient (Wildman–Crippen LogP) is 0.954. The Balaban J connectivity index is 1.81. The SMILES string of the molecule is Cc1cc(N2C[C@H]3CNC[C@H]3C2)ncc1[N+](=O)[O-]. The summed E-state index contributed by atoms with van der Waals surface area (Å²) in [6, 6.07) is 1.83. The topological polar surface area (TPSA) is 71.3 Å². The first kappa shape index (κ1) is 11.4. The predicted molar refractivity (Wildman–Crippen MR) is 67.7 cm³/mol. The normalized spacial score (nSPS) is 26.4. The first-order valence-corrected chi connectivity index (χ1v) is 6.22. The molecule has 2 saturated heterocycles. The molecule has 0 amide bonds. The molecule has 2 atom stereocenters. The third kappa shape index (κ3) is 1.82. The number of aromatic nitrogens is 1. The van der Waals surface area contributed by atoms with Crippen molar-refractivity contribution in [1.82, 2.24) is 10.3 Å². The van der Waals surface area contributed by atoms with Crippen molar-refractivity contribution in [2.75, 3.05) is 31.1 Å². The lowest BCUT2D eigenvalue weighted by Gasteiger charge is -2.18. The molecule has 1 aromatic heterocycles. The van der Waals surface area contributed by atoms with Crippen LogP contribution in [0.25, 0.3) is 0 Å². The highest BCUT2D eigenvalue weighted by Crippen LogP contribution is 2.30. The van der Waals surface area contributed by atoms with Crippen molar-refractivity contribution in [3.63, 3.8) is 0 Å². The Hall–Kier alpha value is -1.69. The molecule has 0 unspecified atom stereocenters. The van der Waals surface area contributed by atoms with Gasteiger partial charge in [-0.1, -0.05) is 0 Å². The number of aryl methyl sites for hydroxylation is 1. The second-order valence-electron chi connectivity index (χ2n) is 5.17. The summed E-state index contributed by atoms with van der Waals surface area (Å²) in [5.74, 6) is 2.26. The Morgan fingerprint density at radius 2 is 2.11 bits per heavy atom. The highest BCUT2D eigenvalue weighted by atomic mass is 16.6. The van der Waals surface area contributed by atoms with Gasteiger partial charge < -0.3 is 10.2 Å². The Labute approximate surface area is 105 Å². The van der Waals surface area contributed by atoms with Crippen LogP contribution >= 0.6 is 0 Å². The zero-order valence-electron chi connectivity index (χ0n) is 10.3. The lowest BCUT2D eigenvalue weighted by atomic mass is 10.0. The first-order valence-electron chi connectivity index (χ1n) is 6.22. The number of hydrogen-bond donors (Lipinski definition) is 1. The van der Waals surface area contributed by atoms with Gasteiger partial charge >= 0.3 is 0 Å². The van der Waals surface area contributed by atoms with Gasteiger partial charge in [-0.3, -0.25) is 10.1 Å². The van der Waals surface area contributed by atoms with Crippen LogP contribution in [0.4, 0.5) is 11.5 Å². The molecule has 0 bridgehead atoms. The molecule has 2 aliphatic heterocycles. The number of nitrogens with one attached hydrogen (secondary N) is 1. The van der Waals surface area contributed by atoms with E-state index in [0.717, 1.165) is 32.0 Å². The lowest BCUT2D eigenvalue weighted by molar-refractivity contribution is -0.385. The van der Waals surface area contributed by atoms with Crippen LogP contribution < -0.4 is 10.2 Å². The average molecular weight is 248 g/mol. The largest absolute Gasteiger partial charge is 0.356 e. The second-order valence-corrected chi connectivity index (χ2v) is 5.17. The molecule has 3 heterocycles. The minimum atomic E-state index is -0.380. The lowest BCUT2D eigenvalue weighted by Crippen LogP contribution is -2.26. The standard InChI is InChI=1S/C12H16N4O2/c1-8-2-12(14-5-11(8)16(17)18)15-6-9-3-13-4-10(9)7-15/h2,5,9-10,13H,3-4,6-7H2,1H3/t9-,10+. The van der Waals surface area contributed by atoms with Gasteiger partial charge in [-0.05, 0) is 24.8 Å². The maximum Gasteiger partial charge on any atom is 0.290 e. The maximum atomic E-state index is 10.8. The highest BCUT2D eigenvalue weighted by Gasteiger charge is 2.36. The minimum Gasteiger partial charge on any atom is -0.356 e. The van der Waals surface area contributed by atoms with Crippen LogP contribution in [0.1, 0.15) is 5.56 Å². The van der Waals surface area contributed by atoms with Crippen LogP contribution in [-0.2, 0) is 0 Å². The monoisotopic (exact) mass is 248 g/mol. The maximum absolute atomic E-state index is 10.8. The molecule has 2 aliphatic rings. The van der Waals surface area contributed by atoms with Gasteiger partial charge in [0.25, 0.3) is 5.69 Å². The zero-order chi connectivity index (χ0) is 12.7. The first-order chi connectivity index (χ1) is 8.65. The Morgan fingerprint density at radius 3 is 2.67 bits per heavy atom. The van der Waals surface area contributed by atoms with Gasteiger partial charge in [-0.15, -0.1) is 0 Å². The smallest absolute Gasteiger partial charge is 0.290 e. The number of pyridine rings is 1. The van der Waals surface area contributed by atoms with E-state index in [0.29, 0.717) is 17.4 Å². The number of rotatable bonds is 2. The highest BCUT2D eigenvalue weighted by molar-refractivity contribution is 5.49. The Bertz CT molecular complexity index is 479. The molecular weight excluding hydrogens is 232 g/mol. The van der Waals surface area contributed by atoms with Gasteiger partial charge in [0.05, 0.1) is 4.92 Å². The number of fused-ring (bicyclic) bond motifs is 1. The van der Waals surface area contributed by atoms with E-state index in [1.54, 1.807) is 6.92 Å². The number of nitro groups is 1. The van der Waals surface area contributed by atoms with Crippen LogP contribution in [0.15, 0.2) is 12.3 Å². The fourth-order valence-corrected chi connectivity index (χ4v) is 2.94. The van der Waals surface area contributed by atoms with E-state index in [2.05, 4.69) is 15.2 Å². The van der Waals surface area contributed by atoms with E-state index in [1.165, 1.54) is 6.20 Å². The molecule has 0 radical (unpaired) electrons. The van der Waals surface area contributed by atoms with E-state index in [9.17, 15) is 10.1 Å². The molecule has 0 aromatic carbocycles. The van der Waals surface area contributed by atoms with Crippen LogP contribution in [0.3, 0.4) is 0 Å². The summed E-state index contributed by atoms with van der Waals surface area (Å²) in [5.41, 5.74) is 0.778. The molecule has 3 rings (SSSR count). The number of anilines is 1. The van der Waals surface area contributed by atoms with E-state index < -0.39 is 0 Å². The van der Waals surface area contributed by atoms with Crippen molar-refractivity contribution in [2.24, 2.45) is 11.8 Å². The summed E-state index contributed by atoms with van der Waals surface area (Å²) < 4.78 is 0. The molecule has 2 fully saturated rings. The fourth-order valence-electron chi connectivity index (χ4n) is 2.94. The van der Waals surface area contributed by atoms with Crippen molar-refractivity contribution >= 4 is 11.5 Å². The Morgan fingerprint density at radius 1 is 1.44 bits per heavy atom. The summed E-state index contributed by atoms with van der Waals surface area (Å²) in [4.78, 5) is 16.9. The van der Waals surface area contributed by atoms with Gasteiger partial charge in [0.1, 0.15) is 12.0 Å². The summed E-state index contributed by atoms with van der Waals surface area (Å²) >= 11 is 0. The zero-order valence-corrected chi connectivity index (χ0v) is 10.3. The summed E-state index contributed by atoms with van der Waals surface area (Å²) in [7, 11) is 0. The molecular formula is C12H16N4O2. The summed E-state index contributed by atoms with van der Waals surface area (Å²) in [6.45, 7) is 5.92. The van der Waals surface area contributed by atoms with Crippen LogP contribution in [-0.4, -0.2) is 36.1 Å². The van der Waals surface area contributed by atoms with Crippen molar-refractivity contribution in [3.05, 3.63) is 27.9 Å². The second kappa shape index (κ2) is 4.20. The van der Waals surface area contributed by atoms with Crippen LogP contribution in [0.5, 0.6) is 0 Å². The molecule has 96 valence electrons. The minimum absolute atomic E-state index is 0.0970. The molecule has 1 N–H and O–H groups in total. The molecule has 1 aromatic rings. The molecule has 0 spiro atoms. The molecule has 0 saturated carbocycles. The van der Waals surface area contributed by atoms with E-state index >= 15 is 0 Å². The van der Waals surface area contributed by atoms with Gasteiger partial charge in [0.15, 0.2) is 0 Å². The molecule has 18 heavy (non-hydrogen) atoms. The average Bonchev–Trinajstić information content (AvgIpc) is 2.87. The van der Waals surface area contributed by atoms with Crippen molar-refractivity contribution in [1.29, 1.82) is 0 Å². The Kier molecular flexibility index (Phi) is 2.66. The summed E-state index contributed by atoms with van der Waals surface area (Å²) in [6.07, 6.45) is 1.37. The van der Waals surface area contributed by atoms with Gasteiger partial charge in [-0.2, -0.15) is 0 Å². The third-order valence-corrected chi connectivity index (χ3v) is 3.98. The summed E-state index contributed by atoms with van der Waals surface area (Å²) in [5, 5.41) is 14.2. The molecule has 6 heteroatoms. The van der Waals surface area contributed by atoms with Gasteiger partial charge in [0, 0.05) is 31.7 Å². The molecule has 6 nitrogen and oxygen atoms in total. The number of nitrogens with zero attached hydrogens (tertiary/aromatic N) is 3. The number of hydrogen-bond acceptors (Lipinski definition) is 5. The van der Waals surface area contributed by atoms with Gasteiger partial charge in [0.2, 0.25) is 0 Å². The van der Waals surface area contributed by atoms with Crippen molar-refractivity contribution in [3.8, 4) is 0 Å². The van der Waals surface area contributed by atoms with E-state index in [1.807, 2.05) is 6.07 Å². The third-order valence-electron chi connectivity index (χ3n) is 3.98. The van der Waals surface area contributed by atoms with E-state index in [4.69, 9.17) is 0 Å². The van der Waals surface area contributed by atoms with Crippen LogP contribution in [0.2, 0.25) is 0 Å². The van der Waals surface area contributed by atoms with Crippen molar-refractivity contribution in [2.45, 2.75) is 6.92 Å². The quantitative estimate of drug-likeness (QED) is 0.623. The van der Waals surface area contributed by atoms with E-state index in [-0.39, 0.29) is 10.6 Å². The molecule has 0 aliphatic carbocycles. The van der Waals surface area contributed by atoms with Crippen molar-refractivity contribution < 1.29 is 4.92 Å². The van der Waals surface area contributed by atoms with Crippen LogP contribution in [0, 0.1) is 28.9 Å². The fraction of sp³-hybridized carbons (Fsp3) is 0.583. The van der Waals surface area contributed by atoms with Gasteiger partial charge in [-0.25, -0.2) is 4.98 Å².